The molecule has 0 saturated heterocycles. The number of nitrogens with one attached hydrogen (secondary N) is 1. The molecule has 0 aromatic heterocycles. The molecule has 0 unspecified atom stereocenters. The molecule has 3 aromatic rings. The van der Waals surface area contributed by atoms with Gasteiger partial charge >= 0.3 is 5.97 Å². The SMILES string of the molecule is CCc1ccc(-c2ccc(OCCCCCCCc3ccc(C(=O)NCCC(=O)OC)cc3)cc2)cc1. The van der Waals surface area contributed by atoms with Gasteiger partial charge in [0.25, 0.3) is 5.91 Å². The Balaban J connectivity index is 1.24. The van der Waals surface area contributed by atoms with Crippen LogP contribution >= 0.6 is 0 Å². The van der Waals surface area contributed by atoms with Crippen molar-refractivity contribution in [2.45, 2.75) is 58.3 Å². The van der Waals surface area contributed by atoms with Crippen molar-refractivity contribution in [2.75, 3.05) is 20.3 Å². The highest BCUT2D eigenvalue weighted by Crippen LogP contribution is 2.23. The van der Waals surface area contributed by atoms with E-state index in [1.807, 2.05) is 24.3 Å². The van der Waals surface area contributed by atoms with Crippen LogP contribution in [0.4, 0.5) is 0 Å². The maximum Gasteiger partial charge on any atom is 0.307 e. The van der Waals surface area contributed by atoms with E-state index >= 15 is 0 Å². The maximum absolute atomic E-state index is 12.1. The average Bonchev–Trinajstić information content (AvgIpc) is 2.95. The standard InChI is InChI=1S/C32H39NO4/c1-3-25-10-14-27(15-11-25)28-18-20-30(21-19-28)37-24-8-6-4-5-7-9-26-12-16-29(17-13-26)32(35)33-23-22-31(34)36-2/h10-21H,3-9,22-24H2,1-2H3,(H,33,35). The molecule has 0 radical (unpaired) electrons. The number of ether oxygens (including phenoxy) is 2. The van der Waals surface area contributed by atoms with Gasteiger partial charge in [0.05, 0.1) is 20.1 Å². The van der Waals surface area contributed by atoms with Crippen LogP contribution in [0.25, 0.3) is 11.1 Å². The van der Waals surface area contributed by atoms with Gasteiger partial charge in [0, 0.05) is 12.1 Å². The molecular weight excluding hydrogens is 462 g/mol. The number of hydrogen-bond donors (Lipinski definition) is 1. The molecule has 0 aliphatic rings. The normalized spacial score (nSPS) is 10.6. The third-order valence-electron chi connectivity index (χ3n) is 6.49. The predicted molar refractivity (Wildman–Crippen MR) is 149 cm³/mol. The number of hydrogen-bond acceptors (Lipinski definition) is 4. The summed E-state index contributed by atoms with van der Waals surface area (Å²) >= 11 is 0. The number of benzene rings is 3. The molecule has 0 spiro atoms. The van der Waals surface area contributed by atoms with Gasteiger partial charge in [0.2, 0.25) is 0 Å². The Morgan fingerprint density at radius 2 is 1.32 bits per heavy atom. The van der Waals surface area contributed by atoms with Crippen LogP contribution in [0.3, 0.4) is 0 Å². The van der Waals surface area contributed by atoms with Gasteiger partial charge in [-0.3, -0.25) is 9.59 Å². The molecule has 0 saturated carbocycles. The van der Waals surface area contributed by atoms with Crippen LogP contribution in [-0.2, 0) is 22.4 Å². The van der Waals surface area contributed by atoms with Crippen LogP contribution in [0.2, 0.25) is 0 Å². The lowest BCUT2D eigenvalue weighted by Crippen LogP contribution is -2.26. The number of aryl methyl sites for hydroxylation is 2. The monoisotopic (exact) mass is 501 g/mol. The first kappa shape index (κ1) is 28.0. The van der Waals surface area contributed by atoms with Crippen molar-refractivity contribution in [2.24, 2.45) is 0 Å². The molecule has 5 nitrogen and oxygen atoms in total. The highest BCUT2D eigenvalue weighted by molar-refractivity contribution is 5.94. The maximum atomic E-state index is 12.1. The lowest BCUT2D eigenvalue weighted by Gasteiger charge is -2.08. The van der Waals surface area contributed by atoms with E-state index in [4.69, 9.17) is 4.74 Å². The van der Waals surface area contributed by atoms with Gasteiger partial charge in [0.1, 0.15) is 5.75 Å². The van der Waals surface area contributed by atoms with Gasteiger partial charge in [-0.1, -0.05) is 74.7 Å². The summed E-state index contributed by atoms with van der Waals surface area (Å²) in [5, 5.41) is 2.73. The fourth-order valence-corrected chi connectivity index (χ4v) is 4.13. The Kier molecular flexibility index (Phi) is 11.7. The highest BCUT2D eigenvalue weighted by atomic mass is 16.5. The van der Waals surface area contributed by atoms with Crippen molar-refractivity contribution in [3.05, 3.63) is 89.5 Å². The number of methoxy groups -OCH3 is 1. The Morgan fingerprint density at radius 3 is 1.97 bits per heavy atom. The van der Waals surface area contributed by atoms with Crippen LogP contribution in [0.15, 0.2) is 72.8 Å². The van der Waals surface area contributed by atoms with Crippen LogP contribution < -0.4 is 10.1 Å². The summed E-state index contributed by atoms with van der Waals surface area (Å²) in [6, 6.07) is 24.8. The number of unbranched alkanes of at least 4 members (excludes halogenated alkanes) is 4. The van der Waals surface area contributed by atoms with E-state index in [9.17, 15) is 9.59 Å². The number of carbonyl (C=O) groups is 2. The van der Waals surface area contributed by atoms with Gasteiger partial charge < -0.3 is 14.8 Å². The zero-order valence-corrected chi connectivity index (χ0v) is 22.1. The van der Waals surface area contributed by atoms with Gasteiger partial charge in [-0.05, 0) is 72.2 Å². The molecule has 1 N–H and O–H groups in total. The number of carbonyl (C=O) groups excluding carboxylic acids is 2. The second-order valence-electron chi connectivity index (χ2n) is 9.22. The molecule has 5 heteroatoms. The summed E-state index contributed by atoms with van der Waals surface area (Å²) in [4.78, 5) is 23.2. The largest absolute Gasteiger partial charge is 0.494 e. The van der Waals surface area contributed by atoms with Gasteiger partial charge in [0.15, 0.2) is 0 Å². The highest BCUT2D eigenvalue weighted by Gasteiger charge is 2.07. The molecule has 0 bridgehead atoms. The third kappa shape index (κ3) is 9.76. The Bertz CT molecular complexity index is 1090. The van der Waals surface area contributed by atoms with Crippen LogP contribution in [0.1, 0.15) is 66.9 Å². The first-order chi connectivity index (χ1) is 18.1. The van der Waals surface area contributed by atoms with Crippen molar-refractivity contribution in [1.82, 2.24) is 5.32 Å². The number of esters is 1. The zero-order valence-electron chi connectivity index (χ0n) is 22.1. The fraction of sp³-hybridized carbons (Fsp3) is 0.375. The number of amides is 1. The summed E-state index contributed by atoms with van der Waals surface area (Å²) in [7, 11) is 1.34. The minimum Gasteiger partial charge on any atom is -0.494 e. The minimum atomic E-state index is -0.331. The summed E-state index contributed by atoms with van der Waals surface area (Å²) < 4.78 is 10.5. The molecule has 0 aliphatic heterocycles. The summed E-state index contributed by atoms with van der Waals surface area (Å²) in [6.45, 7) is 3.19. The lowest BCUT2D eigenvalue weighted by molar-refractivity contribution is -0.140. The summed E-state index contributed by atoms with van der Waals surface area (Å²) in [5.41, 5.74) is 5.64. The van der Waals surface area contributed by atoms with E-state index < -0.39 is 0 Å². The third-order valence-corrected chi connectivity index (χ3v) is 6.49. The molecule has 37 heavy (non-hydrogen) atoms. The molecule has 3 aromatic carbocycles. The minimum absolute atomic E-state index is 0.171. The van der Waals surface area contributed by atoms with E-state index in [1.54, 1.807) is 0 Å². The smallest absolute Gasteiger partial charge is 0.307 e. The van der Waals surface area contributed by atoms with Crippen molar-refractivity contribution < 1.29 is 19.1 Å². The van der Waals surface area contributed by atoms with E-state index in [2.05, 4.69) is 65.5 Å². The van der Waals surface area contributed by atoms with Crippen molar-refractivity contribution in [3.8, 4) is 16.9 Å². The van der Waals surface area contributed by atoms with Crippen molar-refractivity contribution in [3.63, 3.8) is 0 Å². The van der Waals surface area contributed by atoms with Crippen LogP contribution in [0, 0.1) is 0 Å². The Morgan fingerprint density at radius 1 is 0.730 bits per heavy atom. The molecule has 196 valence electrons. The van der Waals surface area contributed by atoms with Crippen LogP contribution in [0.5, 0.6) is 5.75 Å². The van der Waals surface area contributed by atoms with E-state index in [-0.39, 0.29) is 24.8 Å². The van der Waals surface area contributed by atoms with Gasteiger partial charge in [-0.2, -0.15) is 0 Å². The quantitative estimate of drug-likeness (QED) is 0.184. The van der Waals surface area contributed by atoms with E-state index in [0.717, 1.165) is 44.5 Å². The first-order valence-electron chi connectivity index (χ1n) is 13.3. The van der Waals surface area contributed by atoms with Crippen molar-refractivity contribution in [1.29, 1.82) is 0 Å². The molecule has 0 aliphatic carbocycles. The molecule has 0 fully saturated rings. The second-order valence-corrected chi connectivity index (χ2v) is 9.22. The molecule has 3 rings (SSSR count). The molecule has 0 atom stereocenters. The number of rotatable bonds is 15. The summed E-state index contributed by atoms with van der Waals surface area (Å²) in [5.74, 6) is 0.423. The van der Waals surface area contributed by atoms with E-state index in [1.165, 1.54) is 42.2 Å². The van der Waals surface area contributed by atoms with Gasteiger partial charge in [-0.15, -0.1) is 0 Å². The van der Waals surface area contributed by atoms with Crippen molar-refractivity contribution >= 4 is 11.9 Å². The first-order valence-corrected chi connectivity index (χ1v) is 13.3. The lowest BCUT2D eigenvalue weighted by atomic mass is 10.0. The predicted octanol–water partition coefficient (Wildman–Crippen LogP) is 6.78. The second kappa shape index (κ2) is 15.5. The van der Waals surface area contributed by atoms with Crippen LogP contribution in [-0.4, -0.2) is 32.1 Å². The average molecular weight is 502 g/mol. The van der Waals surface area contributed by atoms with Gasteiger partial charge in [-0.25, -0.2) is 0 Å². The molecular formula is C32H39NO4. The zero-order chi connectivity index (χ0) is 26.3. The Hall–Kier alpha value is -3.60. The van der Waals surface area contributed by atoms with E-state index in [0.29, 0.717) is 5.56 Å². The fourth-order valence-electron chi connectivity index (χ4n) is 4.13. The summed E-state index contributed by atoms with van der Waals surface area (Å²) in [6.07, 6.45) is 7.96. The topological polar surface area (TPSA) is 64.6 Å². The Labute approximate surface area is 221 Å². The molecule has 0 heterocycles. The molecule has 1 amide bonds.